The maximum atomic E-state index is 13.6. The Hall–Kier alpha value is -2.48. The number of benzene rings is 2. The molecule has 2 aromatic rings. The highest BCUT2D eigenvalue weighted by atomic mass is 79.9. The lowest BCUT2D eigenvalue weighted by atomic mass is 10.1. The molecule has 0 bridgehead atoms. The second kappa shape index (κ2) is 6.52. The van der Waals surface area contributed by atoms with Gasteiger partial charge in [-0.3, -0.25) is 14.9 Å². The highest BCUT2D eigenvalue weighted by molar-refractivity contribution is 9.10. The number of nitrogens with one attached hydrogen (secondary N) is 1. The van der Waals surface area contributed by atoms with Gasteiger partial charge < -0.3 is 10.4 Å². The van der Waals surface area contributed by atoms with Gasteiger partial charge in [-0.25, -0.2) is 4.39 Å². The first-order valence-corrected chi connectivity index (χ1v) is 6.85. The summed E-state index contributed by atoms with van der Waals surface area (Å²) in [5, 5.41) is 24.6. The standard InChI is InChI=1S/C14H10BrFN2O4/c15-9-1-3-11(12(16)6-9)14(20)17-7-8-5-10(18(21)22)2-4-13(8)19/h1-6,19H,7H2,(H,17,20)/p-1. The molecule has 2 aromatic carbocycles. The molecule has 0 aliphatic heterocycles. The third kappa shape index (κ3) is 3.59. The molecule has 0 aliphatic carbocycles. The summed E-state index contributed by atoms with van der Waals surface area (Å²) in [6.07, 6.45) is 0. The van der Waals surface area contributed by atoms with E-state index < -0.39 is 22.4 Å². The molecule has 0 spiro atoms. The first-order chi connectivity index (χ1) is 10.4. The fourth-order valence-corrected chi connectivity index (χ4v) is 2.10. The van der Waals surface area contributed by atoms with Crippen LogP contribution in [0.25, 0.3) is 0 Å². The molecule has 0 unspecified atom stereocenters. The van der Waals surface area contributed by atoms with E-state index >= 15 is 0 Å². The van der Waals surface area contributed by atoms with E-state index in [9.17, 15) is 24.4 Å². The van der Waals surface area contributed by atoms with E-state index in [1.54, 1.807) is 0 Å². The number of carbonyl (C=O) groups excluding carboxylic acids is 1. The molecular weight excluding hydrogens is 359 g/mol. The van der Waals surface area contributed by atoms with Gasteiger partial charge in [0, 0.05) is 23.2 Å². The second-order valence-corrected chi connectivity index (χ2v) is 5.27. The van der Waals surface area contributed by atoms with Gasteiger partial charge in [0.1, 0.15) is 5.82 Å². The van der Waals surface area contributed by atoms with Crippen molar-refractivity contribution in [3.05, 3.63) is 67.9 Å². The number of halogens is 2. The summed E-state index contributed by atoms with van der Waals surface area (Å²) in [7, 11) is 0. The van der Waals surface area contributed by atoms with Crippen molar-refractivity contribution in [3.63, 3.8) is 0 Å². The Labute approximate surface area is 132 Å². The summed E-state index contributed by atoms with van der Waals surface area (Å²) in [5.41, 5.74) is -0.375. The second-order valence-electron chi connectivity index (χ2n) is 4.36. The molecular formula is C14H9BrFN2O4-. The maximum absolute atomic E-state index is 13.6. The number of non-ortho nitro benzene ring substituents is 1. The van der Waals surface area contributed by atoms with Crippen LogP contribution < -0.4 is 10.4 Å². The lowest BCUT2D eigenvalue weighted by molar-refractivity contribution is -0.385. The Morgan fingerprint density at radius 2 is 2.00 bits per heavy atom. The van der Waals surface area contributed by atoms with Crippen LogP contribution in [0.5, 0.6) is 5.75 Å². The number of amides is 1. The Balaban J connectivity index is 2.14. The number of nitro benzene ring substituents is 1. The molecule has 0 radical (unpaired) electrons. The van der Waals surface area contributed by atoms with E-state index in [2.05, 4.69) is 21.2 Å². The van der Waals surface area contributed by atoms with Crippen LogP contribution in [0, 0.1) is 15.9 Å². The number of carbonyl (C=O) groups is 1. The smallest absolute Gasteiger partial charge is 0.269 e. The van der Waals surface area contributed by atoms with Crippen molar-refractivity contribution < 1.29 is 19.2 Å². The van der Waals surface area contributed by atoms with E-state index in [1.165, 1.54) is 12.1 Å². The molecule has 0 atom stereocenters. The molecule has 8 heteroatoms. The van der Waals surface area contributed by atoms with Gasteiger partial charge in [-0.15, -0.1) is 5.75 Å². The molecule has 0 saturated heterocycles. The van der Waals surface area contributed by atoms with Crippen molar-refractivity contribution in [3.8, 4) is 5.75 Å². The zero-order valence-electron chi connectivity index (χ0n) is 11.0. The highest BCUT2D eigenvalue weighted by Gasteiger charge is 2.13. The van der Waals surface area contributed by atoms with Gasteiger partial charge in [0.05, 0.1) is 10.5 Å². The van der Waals surface area contributed by atoms with Gasteiger partial charge in [-0.05, 0) is 23.8 Å². The number of rotatable bonds is 4. The van der Waals surface area contributed by atoms with Gasteiger partial charge in [0.2, 0.25) is 0 Å². The van der Waals surface area contributed by atoms with Crippen LogP contribution in [-0.4, -0.2) is 10.8 Å². The predicted octanol–water partition coefficient (Wildman–Crippen LogP) is 2.50. The van der Waals surface area contributed by atoms with Gasteiger partial charge in [-0.1, -0.05) is 22.0 Å². The Bertz CT molecular complexity index is 752. The van der Waals surface area contributed by atoms with Gasteiger partial charge >= 0.3 is 0 Å². The van der Waals surface area contributed by atoms with E-state index in [4.69, 9.17) is 0 Å². The normalized spacial score (nSPS) is 10.3. The summed E-state index contributed by atoms with van der Waals surface area (Å²) < 4.78 is 14.1. The first kappa shape index (κ1) is 15.9. The lowest BCUT2D eigenvalue weighted by Gasteiger charge is -2.13. The average Bonchev–Trinajstić information content (AvgIpc) is 2.45. The van der Waals surface area contributed by atoms with Crippen LogP contribution in [0.4, 0.5) is 10.1 Å². The minimum atomic E-state index is -0.715. The predicted molar refractivity (Wildman–Crippen MR) is 77.8 cm³/mol. The Kier molecular flexibility index (Phi) is 4.71. The minimum absolute atomic E-state index is 0.0556. The molecule has 2 rings (SSSR count). The Morgan fingerprint density at radius 1 is 1.27 bits per heavy atom. The average molecular weight is 368 g/mol. The maximum Gasteiger partial charge on any atom is 0.269 e. The van der Waals surface area contributed by atoms with Crippen molar-refractivity contribution in [2.24, 2.45) is 0 Å². The lowest BCUT2D eigenvalue weighted by Crippen LogP contribution is -2.24. The van der Waals surface area contributed by atoms with E-state index in [1.807, 2.05) is 0 Å². The SMILES string of the molecule is O=C(NCc1cc([N+](=O)[O-])ccc1[O-])c1ccc(Br)cc1F. The zero-order valence-corrected chi connectivity index (χ0v) is 12.6. The van der Waals surface area contributed by atoms with Crippen LogP contribution in [0.1, 0.15) is 15.9 Å². The highest BCUT2D eigenvalue weighted by Crippen LogP contribution is 2.21. The van der Waals surface area contributed by atoms with Crippen LogP contribution in [-0.2, 0) is 6.54 Å². The number of hydrogen-bond donors (Lipinski definition) is 1. The van der Waals surface area contributed by atoms with Gasteiger partial charge in [0.25, 0.3) is 11.6 Å². The van der Waals surface area contributed by atoms with Crippen LogP contribution in [0.2, 0.25) is 0 Å². The van der Waals surface area contributed by atoms with Gasteiger partial charge in [-0.2, -0.15) is 0 Å². The van der Waals surface area contributed by atoms with Crippen LogP contribution in [0.3, 0.4) is 0 Å². The summed E-state index contributed by atoms with van der Waals surface area (Å²) in [5.74, 6) is -1.87. The van der Waals surface area contributed by atoms with Crippen molar-refractivity contribution >= 4 is 27.5 Å². The summed E-state index contributed by atoms with van der Waals surface area (Å²) >= 11 is 3.08. The summed E-state index contributed by atoms with van der Waals surface area (Å²) in [6.45, 7) is -0.227. The van der Waals surface area contributed by atoms with E-state index in [0.29, 0.717) is 4.47 Å². The fraction of sp³-hybridized carbons (Fsp3) is 0.0714. The fourth-order valence-electron chi connectivity index (χ4n) is 1.76. The number of nitro groups is 1. The largest absolute Gasteiger partial charge is 0.872 e. The van der Waals surface area contributed by atoms with Crippen LogP contribution >= 0.6 is 15.9 Å². The molecule has 0 aliphatic rings. The van der Waals surface area contributed by atoms with Gasteiger partial charge in [0.15, 0.2) is 0 Å². The third-order valence-electron chi connectivity index (χ3n) is 2.87. The summed E-state index contributed by atoms with van der Waals surface area (Å²) in [6, 6.07) is 7.16. The van der Waals surface area contributed by atoms with Crippen molar-refractivity contribution in [2.45, 2.75) is 6.54 Å². The van der Waals surface area contributed by atoms with Crippen molar-refractivity contribution in [1.82, 2.24) is 5.32 Å². The minimum Gasteiger partial charge on any atom is -0.872 e. The molecule has 0 heterocycles. The molecule has 114 valence electrons. The molecule has 0 saturated carbocycles. The van der Waals surface area contributed by atoms with Crippen molar-refractivity contribution in [2.75, 3.05) is 0 Å². The molecule has 1 amide bonds. The first-order valence-electron chi connectivity index (χ1n) is 6.06. The van der Waals surface area contributed by atoms with E-state index in [-0.39, 0.29) is 23.4 Å². The van der Waals surface area contributed by atoms with E-state index in [0.717, 1.165) is 24.3 Å². The monoisotopic (exact) mass is 367 g/mol. The quantitative estimate of drug-likeness (QED) is 0.663. The zero-order chi connectivity index (χ0) is 16.3. The molecule has 22 heavy (non-hydrogen) atoms. The number of nitrogens with zero attached hydrogens (tertiary/aromatic N) is 1. The topological polar surface area (TPSA) is 95.3 Å². The molecule has 0 aromatic heterocycles. The Morgan fingerprint density at radius 3 is 2.64 bits per heavy atom. The van der Waals surface area contributed by atoms with Crippen molar-refractivity contribution in [1.29, 1.82) is 0 Å². The molecule has 6 nitrogen and oxygen atoms in total. The van der Waals surface area contributed by atoms with Crippen LogP contribution in [0.15, 0.2) is 40.9 Å². The molecule has 0 fully saturated rings. The number of hydrogen-bond acceptors (Lipinski definition) is 4. The third-order valence-corrected chi connectivity index (χ3v) is 3.36. The molecule has 1 N–H and O–H groups in total. The summed E-state index contributed by atoms with van der Waals surface area (Å²) in [4.78, 5) is 21.9.